The second-order valence-electron chi connectivity index (χ2n) is 6.03. The van der Waals surface area contributed by atoms with Crippen molar-refractivity contribution in [3.8, 4) is 0 Å². The monoisotopic (exact) mass is 332 g/mol. The molecule has 0 amide bonds. The minimum atomic E-state index is -0.678. The van der Waals surface area contributed by atoms with E-state index in [1.807, 2.05) is 0 Å². The average molecular weight is 333 g/mol. The van der Waals surface area contributed by atoms with E-state index in [4.69, 9.17) is 5.11 Å². The van der Waals surface area contributed by atoms with Gasteiger partial charge in [-0.1, -0.05) is 68.4 Å². The van der Waals surface area contributed by atoms with Crippen LogP contribution < -0.4 is 0 Å². The van der Waals surface area contributed by atoms with E-state index in [-0.39, 0.29) is 0 Å². The highest BCUT2D eigenvalue weighted by Gasteiger charge is 1.95. The Balaban J connectivity index is 3.30. The van der Waals surface area contributed by atoms with Gasteiger partial charge in [0.2, 0.25) is 0 Å². The molecule has 0 aliphatic rings. The summed E-state index contributed by atoms with van der Waals surface area (Å²) < 4.78 is 0. The molecule has 0 aromatic rings. The van der Waals surface area contributed by atoms with Gasteiger partial charge < -0.3 is 5.11 Å². The van der Waals surface area contributed by atoms with Crippen LogP contribution in [0.1, 0.15) is 84.0 Å². The molecule has 0 aromatic heterocycles. The number of carboxylic acids is 1. The maximum atomic E-state index is 10.4. The molecule has 0 unspecified atom stereocenters. The number of carbonyl (C=O) groups is 1. The van der Waals surface area contributed by atoms with Crippen molar-refractivity contribution >= 4 is 5.97 Å². The third kappa shape index (κ3) is 20.4. The lowest BCUT2D eigenvalue weighted by Crippen LogP contribution is -1.93. The molecule has 24 heavy (non-hydrogen) atoms. The molecular formula is C22H36O2. The average Bonchev–Trinajstić information content (AvgIpc) is 2.56. The molecule has 0 rings (SSSR count). The van der Waals surface area contributed by atoms with E-state index >= 15 is 0 Å². The molecule has 0 atom stereocenters. The van der Waals surface area contributed by atoms with Crippen LogP contribution in [0.15, 0.2) is 48.6 Å². The summed E-state index contributed by atoms with van der Waals surface area (Å²) in [6.07, 6.45) is 30.3. The lowest BCUT2D eigenvalue weighted by Gasteiger charge is -1.96. The fraction of sp³-hybridized carbons (Fsp3) is 0.591. The Morgan fingerprint density at radius 2 is 1.17 bits per heavy atom. The van der Waals surface area contributed by atoms with E-state index in [1.165, 1.54) is 6.42 Å². The fourth-order valence-electron chi connectivity index (χ4n) is 2.30. The fourth-order valence-corrected chi connectivity index (χ4v) is 2.30. The smallest absolute Gasteiger partial charge is 0.303 e. The Morgan fingerprint density at radius 1 is 0.667 bits per heavy atom. The Bertz CT molecular complexity index is 389. The largest absolute Gasteiger partial charge is 0.481 e. The molecule has 1 N–H and O–H groups in total. The van der Waals surface area contributed by atoms with Gasteiger partial charge in [0.15, 0.2) is 0 Å². The highest BCUT2D eigenvalue weighted by Crippen LogP contribution is 2.06. The molecule has 0 fully saturated rings. The van der Waals surface area contributed by atoms with Gasteiger partial charge in [0.1, 0.15) is 0 Å². The van der Waals surface area contributed by atoms with Crippen molar-refractivity contribution in [2.24, 2.45) is 0 Å². The lowest BCUT2D eigenvalue weighted by molar-refractivity contribution is -0.137. The van der Waals surface area contributed by atoms with Gasteiger partial charge in [-0.2, -0.15) is 0 Å². The Labute approximate surface area is 149 Å². The predicted octanol–water partition coefficient (Wildman–Crippen LogP) is 7.00. The van der Waals surface area contributed by atoms with Gasteiger partial charge in [0.05, 0.1) is 0 Å². The molecule has 0 spiro atoms. The quantitative estimate of drug-likeness (QED) is 0.244. The zero-order valence-electron chi connectivity index (χ0n) is 15.5. The van der Waals surface area contributed by atoms with Gasteiger partial charge >= 0.3 is 5.97 Å². The zero-order chi connectivity index (χ0) is 17.7. The normalized spacial score (nSPS) is 12.4. The van der Waals surface area contributed by atoms with E-state index in [0.29, 0.717) is 6.42 Å². The summed E-state index contributed by atoms with van der Waals surface area (Å²) in [5.74, 6) is -0.678. The van der Waals surface area contributed by atoms with E-state index in [1.54, 1.807) is 0 Å². The van der Waals surface area contributed by atoms with Gasteiger partial charge in [-0.05, 0) is 57.8 Å². The van der Waals surface area contributed by atoms with E-state index in [0.717, 1.165) is 64.2 Å². The summed E-state index contributed by atoms with van der Waals surface area (Å²) in [5, 5.41) is 8.53. The molecule has 0 heterocycles. The Hall–Kier alpha value is -1.57. The van der Waals surface area contributed by atoms with E-state index < -0.39 is 5.97 Å². The molecule has 0 aromatic carbocycles. The van der Waals surface area contributed by atoms with Crippen LogP contribution in [0.2, 0.25) is 0 Å². The first-order valence-electron chi connectivity index (χ1n) is 9.59. The van der Waals surface area contributed by atoms with Crippen LogP contribution in [0.3, 0.4) is 0 Å². The van der Waals surface area contributed by atoms with Gasteiger partial charge in [-0.25, -0.2) is 0 Å². The van der Waals surface area contributed by atoms with Gasteiger partial charge in [0.25, 0.3) is 0 Å². The molecule has 2 nitrogen and oxygen atoms in total. The van der Waals surface area contributed by atoms with Gasteiger partial charge in [-0.15, -0.1) is 0 Å². The van der Waals surface area contributed by atoms with Crippen LogP contribution in [0, 0.1) is 0 Å². The second-order valence-corrected chi connectivity index (χ2v) is 6.03. The second kappa shape index (κ2) is 19.5. The van der Waals surface area contributed by atoms with Crippen molar-refractivity contribution in [1.29, 1.82) is 0 Å². The number of rotatable bonds is 16. The third-order valence-electron chi connectivity index (χ3n) is 3.69. The number of aliphatic carboxylic acids is 1. The third-order valence-corrected chi connectivity index (χ3v) is 3.69. The summed E-state index contributed by atoms with van der Waals surface area (Å²) in [5.41, 5.74) is 0. The van der Waals surface area contributed by atoms with E-state index in [9.17, 15) is 4.79 Å². The number of unbranched alkanes of at least 4 members (excludes halogenated alkanes) is 6. The minimum absolute atomic E-state index is 0.313. The van der Waals surface area contributed by atoms with Crippen LogP contribution in [0.25, 0.3) is 0 Å². The van der Waals surface area contributed by atoms with Gasteiger partial charge in [0, 0.05) is 6.42 Å². The van der Waals surface area contributed by atoms with Crippen LogP contribution in [0.4, 0.5) is 0 Å². The van der Waals surface area contributed by atoms with Crippen molar-refractivity contribution in [2.45, 2.75) is 84.0 Å². The number of allylic oxidation sites excluding steroid dienone is 8. The molecule has 0 saturated carbocycles. The molecular weight excluding hydrogens is 296 g/mol. The molecule has 136 valence electrons. The van der Waals surface area contributed by atoms with Gasteiger partial charge in [-0.3, -0.25) is 4.79 Å². The molecule has 2 heteroatoms. The zero-order valence-corrected chi connectivity index (χ0v) is 15.5. The topological polar surface area (TPSA) is 37.3 Å². The molecule has 0 aliphatic heterocycles. The molecule has 0 bridgehead atoms. The highest BCUT2D eigenvalue weighted by atomic mass is 16.4. The standard InChI is InChI=1S/C22H36O2/c1-2-3-4-5-6-7-8-9-10-11-12-13-14-15-16-17-18-19-20-21-22(23)24/h3-4,6-7,10-11,14-15H,2,5,8-9,12-13,16-21H2,1H3,(H,23,24)/b4-3+,7-6+,11-10+,15-14+. The number of hydrogen-bond donors (Lipinski definition) is 1. The van der Waals surface area contributed by atoms with Crippen LogP contribution in [-0.2, 0) is 4.79 Å². The lowest BCUT2D eigenvalue weighted by atomic mass is 10.1. The summed E-state index contributed by atoms with van der Waals surface area (Å²) in [7, 11) is 0. The number of hydrogen-bond acceptors (Lipinski definition) is 1. The summed E-state index contributed by atoms with van der Waals surface area (Å²) in [6, 6.07) is 0. The minimum Gasteiger partial charge on any atom is -0.481 e. The molecule has 0 saturated heterocycles. The van der Waals surface area contributed by atoms with Crippen molar-refractivity contribution in [3.05, 3.63) is 48.6 Å². The SMILES string of the molecule is CC/C=C/C/C=C/CC/C=C/CC/C=C/CCCCCCC(=O)O. The maximum Gasteiger partial charge on any atom is 0.303 e. The first-order valence-corrected chi connectivity index (χ1v) is 9.59. The first kappa shape index (κ1) is 22.4. The molecule has 0 aliphatic carbocycles. The van der Waals surface area contributed by atoms with Crippen molar-refractivity contribution in [3.63, 3.8) is 0 Å². The van der Waals surface area contributed by atoms with Crippen LogP contribution >= 0.6 is 0 Å². The molecule has 0 radical (unpaired) electrons. The summed E-state index contributed by atoms with van der Waals surface area (Å²) in [6.45, 7) is 2.16. The highest BCUT2D eigenvalue weighted by molar-refractivity contribution is 5.66. The number of carboxylic acid groups (broad SMARTS) is 1. The Kier molecular flexibility index (Phi) is 18.2. The van der Waals surface area contributed by atoms with Crippen LogP contribution in [0.5, 0.6) is 0 Å². The summed E-state index contributed by atoms with van der Waals surface area (Å²) >= 11 is 0. The Morgan fingerprint density at radius 3 is 1.75 bits per heavy atom. The summed E-state index contributed by atoms with van der Waals surface area (Å²) in [4.78, 5) is 10.4. The van der Waals surface area contributed by atoms with Crippen LogP contribution in [-0.4, -0.2) is 11.1 Å². The maximum absolute atomic E-state index is 10.4. The van der Waals surface area contributed by atoms with E-state index in [2.05, 4.69) is 55.5 Å². The van der Waals surface area contributed by atoms with Crippen molar-refractivity contribution in [2.75, 3.05) is 0 Å². The predicted molar refractivity (Wildman–Crippen MR) is 105 cm³/mol. The first-order chi connectivity index (χ1) is 11.8. The van der Waals surface area contributed by atoms with Crippen molar-refractivity contribution in [1.82, 2.24) is 0 Å². The van der Waals surface area contributed by atoms with Crippen molar-refractivity contribution < 1.29 is 9.90 Å².